The molecule has 6 nitrogen and oxygen atoms in total. The summed E-state index contributed by atoms with van der Waals surface area (Å²) >= 11 is 0. The quantitative estimate of drug-likeness (QED) is 0.372. The number of hydrogen-bond acceptors (Lipinski definition) is 5. The van der Waals surface area contributed by atoms with E-state index in [2.05, 4.69) is 27.3 Å². The van der Waals surface area contributed by atoms with Crippen LogP contribution in [0.3, 0.4) is 0 Å². The number of ether oxygens (including phenoxy) is 1. The number of benzene rings is 3. The van der Waals surface area contributed by atoms with Crippen molar-refractivity contribution >= 4 is 5.91 Å². The number of nitrogens with zero attached hydrogens (tertiary/aromatic N) is 2. The van der Waals surface area contributed by atoms with Gasteiger partial charge in [0.15, 0.2) is 5.76 Å². The predicted molar refractivity (Wildman–Crippen MR) is 136 cm³/mol. The summed E-state index contributed by atoms with van der Waals surface area (Å²) in [6.07, 6.45) is 3.23. The number of likely N-dealkylation sites (tertiary alicyclic amines) is 1. The molecule has 1 saturated heterocycles. The smallest absolute Gasteiger partial charge is 0.252 e. The Balaban J connectivity index is 1.23. The number of oxazole rings is 1. The van der Waals surface area contributed by atoms with Gasteiger partial charge in [-0.25, -0.2) is 9.37 Å². The highest BCUT2D eigenvalue weighted by Gasteiger charge is 2.24. The molecule has 5 rings (SSSR count). The van der Waals surface area contributed by atoms with Gasteiger partial charge in [-0.1, -0.05) is 36.4 Å². The maximum atomic E-state index is 14.2. The van der Waals surface area contributed by atoms with Crippen molar-refractivity contribution in [2.24, 2.45) is 0 Å². The number of rotatable bonds is 7. The van der Waals surface area contributed by atoms with E-state index in [0.717, 1.165) is 38.2 Å². The molecule has 1 aromatic heterocycles. The van der Waals surface area contributed by atoms with Crippen molar-refractivity contribution in [2.75, 3.05) is 20.2 Å². The van der Waals surface area contributed by atoms with E-state index in [9.17, 15) is 9.18 Å². The van der Waals surface area contributed by atoms with Gasteiger partial charge in [0.05, 0.1) is 24.4 Å². The molecular formula is C29H28FN3O3. The highest BCUT2D eigenvalue weighted by atomic mass is 19.1. The van der Waals surface area contributed by atoms with E-state index in [-0.39, 0.29) is 23.7 Å². The maximum Gasteiger partial charge on any atom is 0.252 e. The lowest BCUT2D eigenvalue weighted by Gasteiger charge is -2.32. The topological polar surface area (TPSA) is 67.6 Å². The highest BCUT2D eigenvalue weighted by molar-refractivity contribution is 6.00. The van der Waals surface area contributed by atoms with Crippen LogP contribution in [-0.2, 0) is 6.54 Å². The first-order chi connectivity index (χ1) is 17.6. The van der Waals surface area contributed by atoms with Crippen molar-refractivity contribution in [1.29, 1.82) is 0 Å². The minimum Gasteiger partial charge on any atom is -0.497 e. The second-order valence-electron chi connectivity index (χ2n) is 8.93. The third-order valence-corrected chi connectivity index (χ3v) is 6.51. The van der Waals surface area contributed by atoms with Gasteiger partial charge in [-0.2, -0.15) is 0 Å². The number of piperidine rings is 1. The minimum atomic E-state index is -0.385. The molecule has 3 aromatic carbocycles. The summed E-state index contributed by atoms with van der Waals surface area (Å²) in [6.45, 7) is 2.65. The lowest BCUT2D eigenvalue weighted by Crippen LogP contribution is -2.44. The molecule has 0 unspecified atom stereocenters. The standard InChI is InChI=1S/C29H28FN3O3/c1-35-22-8-6-7-20(17-22)19-33-15-13-21(14-16-33)32-28(34)23-9-2-3-10-24(23)29-31-18-27(36-29)25-11-4-5-12-26(25)30/h2-12,17-18,21H,13-16,19H2,1H3,(H,32,34). The minimum absolute atomic E-state index is 0.0886. The van der Waals surface area contributed by atoms with E-state index >= 15 is 0 Å². The first kappa shape index (κ1) is 23.8. The van der Waals surface area contributed by atoms with E-state index in [1.54, 1.807) is 37.4 Å². The van der Waals surface area contributed by atoms with Crippen LogP contribution in [0.5, 0.6) is 5.75 Å². The first-order valence-corrected chi connectivity index (χ1v) is 12.1. The molecule has 0 bridgehead atoms. The van der Waals surface area contributed by atoms with Gasteiger partial charge in [-0.05, 0) is 54.8 Å². The van der Waals surface area contributed by atoms with Crippen LogP contribution in [-0.4, -0.2) is 42.0 Å². The van der Waals surface area contributed by atoms with Crippen LogP contribution in [0.15, 0.2) is 83.4 Å². The molecule has 0 atom stereocenters. The maximum absolute atomic E-state index is 14.2. The molecule has 1 N–H and O–H groups in total. The summed E-state index contributed by atoms with van der Waals surface area (Å²) in [5.41, 5.74) is 2.61. The Morgan fingerprint density at radius 3 is 2.58 bits per heavy atom. The number of carbonyl (C=O) groups is 1. The van der Waals surface area contributed by atoms with Gasteiger partial charge >= 0.3 is 0 Å². The monoisotopic (exact) mass is 485 g/mol. The summed E-state index contributed by atoms with van der Waals surface area (Å²) in [7, 11) is 1.68. The Bertz CT molecular complexity index is 1340. The van der Waals surface area contributed by atoms with Crippen molar-refractivity contribution in [3.63, 3.8) is 0 Å². The first-order valence-electron chi connectivity index (χ1n) is 12.1. The van der Waals surface area contributed by atoms with Crippen LogP contribution >= 0.6 is 0 Å². The second kappa shape index (κ2) is 10.7. The predicted octanol–water partition coefficient (Wildman–Crippen LogP) is 5.55. The highest BCUT2D eigenvalue weighted by Crippen LogP contribution is 2.29. The van der Waals surface area contributed by atoms with E-state index in [4.69, 9.17) is 9.15 Å². The van der Waals surface area contributed by atoms with Crippen molar-refractivity contribution in [3.8, 4) is 28.5 Å². The third-order valence-electron chi connectivity index (χ3n) is 6.51. The Morgan fingerprint density at radius 2 is 1.81 bits per heavy atom. The number of nitrogens with one attached hydrogen (secondary N) is 1. The van der Waals surface area contributed by atoms with Gasteiger partial charge in [-0.3, -0.25) is 9.69 Å². The van der Waals surface area contributed by atoms with Crippen LogP contribution in [0.4, 0.5) is 4.39 Å². The molecule has 1 amide bonds. The van der Waals surface area contributed by atoms with Crippen LogP contribution in [0, 0.1) is 5.82 Å². The zero-order valence-electron chi connectivity index (χ0n) is 20.1. The second-order valence-corrected chi connectivity index (χ2v) is 8.93. The average Bonchev–Trinajstić information content (AvgIpc) is 3.40. The molecule has 1 aliphatic heterocycles. The summed E-state index contributed by atoms with van der Waals surface area (Å²) in [4.78, 5) is 19.9. The third kappa shape index (κ3) is 5.31. The van der Waals surface area contributed by atoms with Gasteiger partial charge in [0.2, 0.25) is 5.89 Å². The number of methoxy groups -OCH3 is 1. The Hall–Kier alpha value is -3.97. The molecular weight excluding hydrogens is 457 g/mol. The van der Waals surface area contributed by atoms with Crippen molar-refractivity contribution in [1.82, 2.24) is 15.2 Å². The zero-order chi connectivity index (χ0) is 24.9. The van der Waals surface area contributed by atoms with Gasteiger partial charge < -0.3 is 14.5 Å². The average molecular weight is 486 g/mol. The van der Waals surface area contributed by atoms with Gasteiger partial charge in [-0.15, -0.1) is 0 Å². The van der Waals surface area contributed by atoms with Crippen LogP contribution in [0.25, 0.3) is 22.8 Å². The molecule has 1 aliphatic rings. The normalized spacial score (nSPS) is 14.5. The SMILES string of the molecule is COc1cccc(CN2CCC(NC(=O)c3ccccc3-c3ncc(-c4ccccc4F)o3)CC2)c1. The summed E-state index contributed by atoms with van der Waals surface area (Å²) in [5.74, 6) is 0.917. The Morgan fingerprint density at radius 1 is 1.06 bits per heavy atom. The molecule has 0 saturated carbocycles. The lowest BCUT2D eigenvalue weighted by atomic mass is 10.0. The molecule has 4 aromatic rings. The summed E-state index contributed by atoms with van der Waals surface area (Å²) in [5, 5.41) is 3.18. The molecule has 0 radical (unpaired) electrons. The molecule has 0 aliphatic carbocycles. The van der Waals surface area contributed by atoms with Crippen molar-refractivity contribution in [2.45, 2.75) is 25.4 Å². The van der Waals surface area contributed by atoms with Gasteiger partial charge in [0.1, 0.15) is 11.6 Å². The molecule has 1 fully saturated rings. The number of hydrogen-bond donors (Lipinski definition) is 1. The fraction of sp³-hybridized carbons (Fsp3) is 0.241. The summed E-state index contributed by atoms with van der Waals surface area (Å²) < 4.78 is 25.4. The van der Waals surface area contributed by atoms with E-state index in [1.807, 2.05) is 24.3 Å². The van der Waals surface area contributed by atoms with Crippen molar-refractivity contribution < 1.29 is 18.3 Å². The molecule has 2 heterocycles. The molecule has 184 valence electrons. The van der Waals surface area contributed by atoms with Gasteiger partial charge in [0, 0.05) is 31.2 Å². The Kier molecular flexibility index (Phi) is 7.09. The van der Waals surface area contributed by atoms with E-state index in [0.29, 0.717) is 22.5 Å². The zero-order valence-corrected chi connectivity index (χ0v) is 20.1. The number of carbonyl (C=O) groups excluding carboxylic acids is 1. The Labute approximate surface area is 209 Å². The van der Waals surface area contributed by atoms with Crippen LogP contribution in [0.1, 0.15) is 28.8 Å². The number of halogens is 1. The van der Waals surface area contributed by atoms with Crippen molar-refractivity contribution in [3.05, 3.63) is 95.9 Å². The lowest BCUT2D eigenvalue weighted by molar-refractivity contribution is 0.0909. The fourth-order valence-electron chi connectivity index (χ4n) is 4.58. The van der Waals surface area contributed by atoms with Gasteiger partial charge in [0.25, 0.3) is 5.91 Å². The van der Waals surface area contributed by atoms with Crippen LogP contribution in [0.2, 0.25) is 0 Å². The molecule has 36 heavy (non-hydrogen) atoms. The number of aromatic nitrogens is 1. The summed E-state index contributed by atoms with van der Waals surface area (Å²) in [6, 6.07) is 21.8. The number of amides is 1. The van der Waals surface area contributed by atoms with Crippen LogP contribution < -0.4 is 10.1 Å². The molecule has 0 spiro atoms. The largest absolute Gasteiger partial charge is 0.497 e. The van der Waals surface area contributed by atoms with E-state index in [1.165, 1.54) is 17.8 Å². The van der Waals surface area contributed by atoms with E-state index < -0.39 is 0 Å². The fourth-order valence-corrected chi connectivity index (χ4v) is 4.58. The molecule has 7 heteroatoms.